The van der Waals surface area contributed by atoms with Gasteiger partial charge >= 0.3 is 5.97 Å². The van der Waals surface area contributed by atoms with Crippen molar-refractivity contribution in [3.8, 4) is 0 Å². The van der Waals surface area contributed by atoms with Crippen molar-refractivity contribution in [1.29, 1.82) is 0 Å². The number of aliphatic hydroxyl groups excluding tert-OH is 1. The first-order chi connectivity index (χ1) is 17.0. The number of benzene rings is 1. The van der Waals surface area contributed by atoms with Gasteiger partial charge in [0.1, 0.15) is 12.3 Å². The second-order valence-corrected chi connectivity index (χ2v) is 11.4. The summed E-state index contributed by atoms with van der Waals surface area (Å²) in [6.07, 6.45) is -1.05. The standard InChI is InChI=1S/C29H33F3O4/c1-4-23(35)36-26-16(2)12-18-19-13-20(30)24-25(31)21(33)10-11-27(24,3)29(19,32)22(34)15-28(18,26)14-17-8-6-5-7-9-17/h5-11,16,18-20,22,26,34H,4,12-15H2,1-3H3/t16-,18+,19+,20+,22+,26-,27+,28+,29+/m1/s1. The molecule has 0 aliphatic heterocycles. The van der Waals surface area contributed by atoms with E-state index in [1.54, 1.807) is 6.92 Å². The van der Waals surface area contributed by atoms with E-state index < -0.39 is 63.9 Å². The van der Waals surface area contributed by atoms with E-state index in [2.05, 4.69) is 0 Å². The normalized spacial score (nSPS) is 43.6. The highest BCUT2D eigenvalue weighted by Gasteiger charge is 2.74. The number of allylic oxidation sites excluding steroid dienone is 4. The molecule has 0 unspecified atom stereocenters. The van der Waals surface area contributed by atoms with Crippen LogP contribution in [0.15, 0.2) is 53.9 Å². The third-order valence-electron chi connectivity index (χ3n) is 9.60. The zero-order chi connectivity index (χ0) is 26.0. The lowest BCUT2D eigenvalue weighted by Crippen LogP contribution is -2.69. The Kier molecular flexibility index (Phi) is 6.01. The van der Waals surface area contributed by atoms with Crippen LogP contribution in [0.4, 0.5) is 13.2 Å². The minimum Gasteiger partial charge on any atom is -0.461 e. The molecular weight excluding hydrogens is 469 g/mol. The molecule has 0 radical (unpaired) electrons. The quantitative estimate of drug-likeness (QED) is 0.561. The minimum atomic E-state index is -2.38. The lowest BCUT2D eigenvalue weighted by atomic mass is 9.44. The van der Waals surface area contributed by atoms with Gasteiger partial charge in [-0.3, -0.25) is 9.59 Å². The van der Waals surface area contributed by atoms with E-state index in [9.17, 15) is 19.1 Å². The number of carbonyl (C=O) groups is 2. The SMILES string of the molecule is CCC(=O)O[C@@H]1[C@H](C)C[C@H]2[C@@H]3C[C@H](F)C4=C(F)C(=O)C=C[C@]4(C)[C@@]3(F)[C@@H](O)C[C@]12Cc1ccccc1. The lowest BCUT2D eigenvalue weighted by molar-refractivity contribution is -0.216. The van der Waals surface area contributed by atoms with Gasteiger partial charge in [-0.05, 0) is 56.1 Å². The van der Waals surface area contributed by atoms with Crippen LogP contribution in [-0.2, 0) is 20.7 Å². The van der Waals surface area contributed by atoms with E-state index >= 15 is 8.78 Å². The largest absolute Gasteiger partial charge is 0.461 e. The molecule has 0 amide bonds. The number of alkyl halides is 2. The average molecular weight is 503 g/mol. The van der Waals surface area contributed by atoms with E-state index in [1.165, 1.54) is 13.0 Å². The number of ketones is 1. The highest BCUT2D eigenvalue weighted by molar-refractivity contribution is 6.04. The summed E-state index contributed by atoms with van der Waals surface area (Å²) in [5.74, 6) is -4.10. The summed E-state index contributed by atoms with van der Waals surface area (Å²) in [6.45, 7) is 5.05. The topological polar surface area (TPSA) is 63.6 Å². The maximum atomic E-state index is 17.4. The predicted molar refractivity (Wildman–Crippen MR) is 128 cm³/mol. The molecule has 1 N–H and O–H groups in total. The monoisotopic (exact) mass is 502 g/mol. The zero-order valence-electron chi connectivity index (χ0n) is 20.8. The third-order valence-corrected chi connectivity index (χ3v) is 9.60. The highest BCUT2D eigenvalue weighted by atomic mass is 19.2. The van der Waals surface area contributed by atoms with Gasteiger partial charge in [0.25, 0.3) is 0 Å². The molecule has 36 heavy (non-hydrogen) atoms. The predicted octanol–water partition coefficient (Wildman–Crippen LogP) is 5.39. The van der Waals surface area contributed by atoms with Crippen molar-refractivity contribution in [2.75, 3.05) is 0 Å². The number of ether oxygens (including phenoxy) is 1. The van der Waals surface area contributed by atoms with Crippen LogP contribution in [0.3, 0.4) is 0 Å². The fourth-order valence-corrected chi connectivity index (χ4v) is 8.13. The van der Waals surface area contributed by atoms with E-state index in [1.807, 2.05) is 37.3 Å². The molecule has 9 atom stereocenters. The van der Waals surface area contributed by atoms with Crippen LogP contribution < -0.4 is 0 Å². The molecule has 3 saturated carbocycles. The Labute approximate surface area is 209 Å². The smallest absolute Gasteiger partial charge is 0.305 e. The number of rotatable bonds is 4. The summed E-state index contributed by atoms with van der Waals surface area (Å²) in [4.78, 5) is 24.5. The fraction of sp³-hybridized carbons (Fsp3) is 0.586. The molecule has 7 heteroatoms. The number of aliphatic hydroxyl groups is 1. The van der Waals surface area contributed by atoms with Crippen molar-refractivity contribution >= 4 is 11.8 Å². The summed E-state index contributed by atoms with van der Waals surface area (Å²) >= 11 is 0. The highest BCUT2D eigenvalue weighted by Crippen LogP contribution is 2.70. The summed E-state index contributed by atoms with van der Waals surface area (Å²) < 4.78 is 54.1. The number of hydrogen-bond acceptors (Lipinski definition) is 4. The number of esters is 1. The van der Waals surface area contributed by atoms with Crippen LogP contribution in [0.1, 0.15) is 52.0 Å². The van der Waals surface area contributed by atoms with Crippen molar-refractivity contribution in [2.24, 2.45) is 28.6 Å². The summed E-state index contributed by atoms with van der Waals surface area (Å²) in [6, 6.07) is 9.58. The van der Waals surface area contributed by atoms with Gasteiger partial charge in [0.05, 0.1) is 6.10 Å². The number of carbonyl (C=O) groups excluding carboxylic acids is 2. The maximum absolute atomic E-state index is 17.4. The van der Waals surface area contributed by atoms with Gasteiger partial charge < -0.3 is 9.84 Å². The van der Waals surface area contributed by atoms with Gasteiger partial charge in [-0.25, -0.2) is 13.2 Å². The van der Waals surface area contributed by atoms with Gasteiger partial charge in [-0.1, -0.05) is 50.3 Å². The van der Waals surface area contributed by atoms with Crippen molar-refractivity contribution in [3.05, 3.63) is 59.4 Å². The van der Waals surface area contributed by atoms with Gasteiger partial charge in [0.2, 0.25) is 5.78 Å². The van der Waals surface area contributed by atoms with Gasteiger partial charge in [0, 0.05) is 28.7 Å². The van der Waals surface area contributed by atoms with Gasteiger partial charge in [-0.15, -0.1) is 0 Å². The second kappa shape index (κ2) is 8.57. The molecule has 4 aliphatic carbocycles. The molecule has 4 nitrogen and oxygen atoms in total. The Bertz CT molecular complexity index is 1130. The molecule has 0 bridgehead atoms. The van der Waals surface area contributed by atoms with Crippen molar-refractivity contribution < 1.29 is 32.6 Å². The van der Waals surface area contributed by atoms with Crippen LogP contribution >= 0.6 is 0 Å². The zero-order valence-corrected chi connectivity index (χ0v) is 20.8. The fourth-order valence-electron chi connectivity index (χ4n) is 8.13. The van der Waals surface area contributed by atoms with Crippen LogP contribution in [0.5, 0.6) is 0 Å². The summed E-state index contributed by atoms with van der Waals surface area (Å²) in [5, 5.41) is 11.6. The van der Waals surface area contributed by atoms with E-state index in [0.717, 1.165) is 11.6 Å². The first kappa shape index (κ1) is 25.2. The van der Waals surface area contributed by atoms with Crippen molar-refractivity contribution in [2.45, 2.75) is 76.9 Å². The Morgan fingerprint density at radius 1 is 1.19 bits per heavy atom. The molecule has 0 heterocycles. The molecule has 0 aromatic heterocycles. The summed E-state index contributed by atoms with van der Waals surface area (Å²) in [7, 11) is 0. The van der Waals surface area contributed by atoms with Crippen molar-refractivity contribution in [1.82, 2.24) is 0 Å². The first-order valence-electron chi connectivity index (χ1n) is 12.9. The van der Waals surface area contributed by atoms with Crippen LogP contribution in [-0.4, -0.2) is 40.9 Å². The van der Waals surface area contributed by atoms with Crippen LogP contribution in [0.25, 0.3) is 0 Å². The Hall–Kier alpha value is -2.41. The van der Waals surface area contributed by atoms with E-state index in [0.29, 0.717) is 12.8 Å². The number of halogens is 3. The minimum absolute atomic E-state index is 0.0191. The molecule has 3 fully saturated rings. The molecule has 1 aromatic carbocycles. The lowest BCUT2D eigenvalue weighted by Gasteiger charge is -2.62. The van der Waals surface area contributed by atoms with Gasteiger partial charge in [0.15, 0.2) is 11.5 Å². The van der Waals surface area contributed by atoms with Gasteiger partial charge in [-0.2, -0.15) is 0 Å². The van der Waals surface area contributed by atoms with Crippen molar-refractivity contribution in [3.63, 3.8) is 0 Å². The molecule has 5 rings (SSSR count). The average Bonchev–Trinajstić information content (AvgIpc) is 3.10. The van der Waals surface area contributed by atoms with E-state index in [-0.39, 0.29) is 31.1 Å². The van der Waals surface area contributed by atoms with Crippen LogP contribution in [0, 0.1) is 28.6 Å². The Morgan fingerprint density at radius 2 is 1.89 bits per heavy atom. The molecule has 194 valence electrons. The maximum Gasteiger partial charge on any atom is 0.305 e. The summed E-state index contributed by atoms with van der Waals surface area (Å²) in [5.41, 5.74) is -4.53. The number of hydrogen-bond donors (Lipinski definition) is 1. The first-order valence-corrected chi connectivity index (χ1v) is 12.9. The van der Waals surface area contributed by atoms with Crippen LogP contribution in [0.2, 0.25) is 0 Å². The Balaban J connectivity index is 1.65. The molecule has 0 spiro atoms. The molecular formula is C29H33F3O4. The second-order valence-electron chi connectivity index (χ2n) is 11.4. The Morgan fingerprint density at radius 3 is 2.56 bits per heavy atom. The number of fused-ring (bicyclic) bond motifs is 5. The molecule has 1 aromatic rings. The molecule has 4 aliphatic rings. The van der Waals surface area contributed by atoms with E-state index in [4.69, 9.17) is 4.74 Å². The molecule has 0 saturated heterocycles. The third kappa shape index (κ3) is 3.30.